The number of amides is 1. The molecule has 0 fully saturated rings. The minimum atomic E-state index is -0.140. The molecule has 0 saturated carbocycles. The Morgan fingerprint density at radius 2 is 1.86 bits per heavy atom. The number of hydrogen-bond donors (Lipinski definition) is 1. The van der Waals surface area contributed by atoms with Gasteiger partial charge in [-0.05, 0) is 42.5 Å². The van der Waals surface area contributed by atoms with Crippen LogP contribution in [-0.2, 0) is 11.3 Å². The number of aromatic nitrogens is 2. The van der Waals surface area contributed by atoms with Gasteiger partial charge >= 0.3 is 0 Å². The van der Waals surface area contributed by atoms with Gasteiger partial charge in [0.05, 0.1) is 11.7 Å². The fourth-order valence-electron chi connectivity index (χ4n) is 2.85. The molecular weight excluding hydrogens is 374 g/mol. The first-order chi connectivity index (χ1) is 13.7. The van der Waals surface area contributed by atoms with Crippen molar-refractivity contribution in [1.29, 1.82) is 0 Å². The minimum Gasteiger partial charge on any atom is -0.336 e. The third-order valence-electron chi connectivity index (χ3n) is 4.13. The van der Waals surface area contributed by atoms with E-state index < -0.39 is 0 Å². The number of anilines is 1. The SMILES string of the molecule is O=C(Cn1cc(N=Nc2cccnc2)c2ccccc21)Nc1ccc(Cl)cc1. The number of para-hydroxylation sites is 1. The summed E-state index contributed by atoms with van der Waals surface area (Å²) < 4.78 is 1.86. The number of rotatable bonds is 5. The van der Waals surface area contributed by atoms with Crippen LogP contribution in [0.1, 0.15) is 0 Å². The predicted octanol–water partition coefficient (Wildman–Crippen LogP) is 5.74. The van der Waals surface area contributed by atoms with Crippen LogP contribution in [0.25, 0.3) is 10.9 Å². The monoisotopic (exact) mass is 389 g/mol. The van der Waals surface area contributed by atoms with Crippen LogP contribution in [0.4, 0.5) is 17.1 Å². The van der Waals surface area contributed by atoms with Gasteiger partial charge in [-0.25, -0.2) is 0 Å². The van der Waals surface area contributed by atoms with Gasteiger partial charge < -0.3 is 9.88 Å². The zero-order valence-corrected chi connectivity index (χ0v) is 15.5. The largest absolute Gasteiger partial charge is 0.336 e. The number of pyridine rings is 1. The second kappa shape index (κ2) is 8.02. The first kappa shape index (κ1) is 17.9. The Kier molecular flexibility index (Phi) is 5.12. The second-order valence-electron chi connectivity index (χ2n) is 6.13. The Morgan fingerprint density at radius 1 is 1.04 bits per heavy atom. The van der Waals surface area contributed by atoms with Crippen LogP contribution in [0.3, 0.4) is 0 Å². The molecule has 0 aliphatic carbocycles. The van der Waals surface area contributed by atoms with E-state index in [0.717, 1.165) is 10.9 Å². The maximum atomic E-state index is 12.5. The molecule has 1 amide bonds. The smallest absolute Gasteiger partial charge is 0.244 e. The zero-order valence-electron chi connectivity index (χ0n) is 14.8. The summed E-state index contributed by atoms with van der Waals surface area (Å²) in [6, 6.07) is 18.4. The van der Waals surface area contributed by atoms with Gasteiger partial charge in [-0.3, -0.25) is 9.78 Å². The second-order valence-corrected chi connectivity index (χ2v) is 6.56. The topological polar surface area (TPSA) is 71.6 Å². The maximum Gasteiger partial charge on any atom is 0.244 e. The van der Waals surface area contributed by atoms with E-state index in [-0.39, 0.29) is 12.5 Å². The molecule has 0 aliphatic rings. The summed E-state index contributed by atoms with van der Waals surface area (Å²) >= 11 is 5.88. The van der Waals surface area contributed by atoms with E-state index in [1.54, 1.807) is 42.7 Å². The van der Waals surface area contributed by atoms with E-state index in [1.165, 1.54) is 0 Å². The van der Waals surface area contributed by atoms with Crippen molar-refractivity contribution in [3.05, 3.63) is 84.3 Å². The van der Waals surface area contributed by atoms with Gasteiger partial charge in [0.1, 0.15) is 17.9 Å². The lowest BCUT2D eigenvalue weighted by Gasteiger charge is -2.07. The Bertz CT molecular complexity index is 1140. The van der Waals surface area contributed by atoms with E-state index in [9.17, 15) is 4.79 Å². The summed E-state index contributed by atoms with van der Waals surface area (Å²) in [5.41, 5.74) is 2.97. The molecular formula is C21H16ClN5O. The van der Waals surface area contributed by atoms with Crippen molar-refractivity contribution >= 4 is 45.5 Å². The molecule has 0 spiro atoms. The van der Waals surface area contributed by atoms with Crippen molar-refractivity contribution in [1.82, 2.24) is 9.55 Å². The van der Waals surface area contributed by atoms with Gasteiger partial charge in [0.2, 0.25) is 5.91 Å². The number of benzene rings is 2. The molecule has 4 rings (SSSR count). The first-order valence-electron chi connectivity index (χ1n) is 8.64. The van der Waals surface area contributed by atoms with Crippen LogP contribution in [0.15, 0.2) is 89.5 Å². The normalized spacial score (nSPS) is 11.2. The molecule has 0 saturated heterocycles. The molecule has 1 N–H and O–H groups in total. The fourth-order valence-corrected chi connectivity index (χ4v) is 2.98. The number of hydrogen-bond acceptors (Lipinski definition) is 4. The highest BCUT2D eigenvalue weighted by atomic mass is 35.5. The number of azo groups is 1. The first-order valence-corrected chi connectivity index (χ1v) is 9.02. The van der Waals surface area contributed by atoms with Crippen molar-refractivity contribution < 1.29 is 4.79 Å². The fraction of sp³-hybridized carbons (Fsp3) is 0.0476. The van der Waals surface area contributed by atoms with E-state index in [0.29, 0.717) is 22.1 Å². The molecule has 0 unspecified atom stereocenters. The number of carbonyl (C=O) groups is 1. The molecule has 4 aromatic rings. The molecule has 7 heteroatoms. The maximum absolute atomic E-state index is 12.5. The van der Waals surface area contributed by atoms with Crippen LogP contribution in [0.2, 0.25) is 5.02 Å². The molecule has 28 heavy (non-hydrogen) atoms. The van der Waals surface area contributed by atoms with Gasteiger partial charge in [0.15, 0.2) is 0 Å². The van der Waals surface area contributed by atoms with Crippen molar-refractivity contribution in [2.75, 3.05) is 5.32 Å². The molecule has 0 bridgehead atoms. The molecule has 2 aromatic heterocycles. The molecule has 2 heterocycles. The lowest BCUT2D eigenvalue weighted by atomic mass is 10.2. The van der Waals surface area contributed by atoms with E-state index in [1.807, 2.05) is 41.1 Å². The number of carbonyl (C=O) groups excluding carboxylic acids is 1. The summed E-state index contributed by atoms with van der Waals surface area (Å²) in [5, 5.41) is 13.0. The lowest BCUT2D eigenvalue weighted by molar-refractivity contribution is -0.116. The number of fused-ring (bicyclic) bond motifs is 1. The third-order valence-corrected chi connectivity index (χ3v) is 4.38. The molecule has 0 atom stereocenters. The number of halogens is 1. The highest BCUT2D eigenvalue weighted by Gasteiger charge is 2.11. The lowest BCUT2D eigenvalue weighted by Crippen LogP contribution is -2.18. The summed E-state index contributed by atoms with van der Waals surface area (Å²) in [6.45, 7) is 0.158. The zero-order chi connectivity index (χ0) is 19.3. The Hall–Kier alpha value is -3.51. The van der Waals surface area contributed by atoms with Crippen molar-refractivity contribution in [3.63, 3.8) is 0 Å². The quantitative estimate of drug-likeness (QED) is 0.442. The van der Waals surface area contributed by atoms with E-state index in [2.05, 4.69) is 20.5 Å². The molecule has 138 valence electrons. The van der Waals surface area contributed by atoms with Crippen LogP contribution in [0, 0.1) is 0 Å². The summed E-state index contributed by atoms with van der Waals surface area (Å²) in [4.78, 5) is 16.5. The third kappa shape index (κ3) is 4.07. The summed E-state index contributed by atoms with van der Waals surface area (Å²) in [5.74, 6) is -0.140. The van der Waals surface area contributed by atoms with Gasteiger partial charge in [0, 0.05) is 28.5 Å². The molecule has 2 aromatic carbocycles. The summed E-state index contributed by atoms with van der Waals surface area (Å²) in [6.07, 6.45) is 5.15. The van der Waals surface area contributed by atoms with E-state index >= 15 is 0 Å². The van der Waals surface area contributed by atoms with Gasteiger partial charge in [-0.15, -0.1) is 10.2 Å². The van der Waals surface area contributed by atoms with E-state index in [4.69, 9.17) is 11.6 Å². The Balaban J connectivity index is 1.58. The Morgan fingerprint density at radius 3 is 2.64 bits per heavy atom. The average molecular weight is 390 g/mol. The highest BCUT2D eigenvalue weighted by molar-refractivity contribution is 6.30. The predicted molar refractivity (Wildman–Crippen MR) is 110 cm³/mol. The Labute approximate surface area is 166 Å². The van der Waals surface area contributed by atoms with Gasteiger partial charge in [0.25, 0.3) is 0 Å². The van der Waals surface area contributed by atoms with Crippen molar-refractivity contribution in [2.24, 2.45) is 10.2 Å². The molecule has 6 nitrogen and oxygen atoms in total. The highest BCUT2D eigenvalue weighted by Crippen LogP contribution is 2.29. The molecule has 0 radical (unpaired) electrons. The standard InChI is InChI=1S/C21H16ClN5O/c22-15-7-9-16(10-8-15)24-21(28)14-27-13-19(18-5-1-2-6-20(18)27)26-25-17-4-3-11-23-12-17/h1-13H,14H2,(H,24,28). The number of nitrogens with one attached hydrogen (secondary N) is 1. The minimum absolute atomic E-state index is 0.140. The molecule has 0 aliphatic heterocycles. The van der Waals surface area contributed by atoms with Crippen LogP contribution < -0.4 is 5.32 Å². The average Bonchev–Trinajstić information content (AvgIpc) is 3.06. The van der Waals surface area contributed by atoms with Crippen LogP contribution >= 0.6 is 11.6 Å². The van der Waals surface area contributed by atoms with Gasteiger partial charge in [-0.1, -0.05) is 29.8 Å². The summed E-state index contributed by atoms with van der Waals surface area (Å²) in [7, 11) is 0. The van der Waals surface area contributed by atoms with Crippen molar-refractivity contribution in [2.45, 2.75) is 6.54 Å². The van der Waals surface area contributed by atoms with Crippen LogP contribution in [-0.4, -0.2) is 15.5 Å². The van der Waals surface area contributed by atoms with Crippen molar-refractivity contribution in [3.8, 4) is 0 Å². The number of nitrogens with zero attached hydrogens (tertiary/aromatic N) is 4. The van der Waals surface area contributed by atoms with Crippen LogP contribution in [0.5, 0.6) is 0 Å². The van der Waals surface area contributed by atoms with Gasteiger partial charge in [-0.2, -0.15) is 0 Å².